The first kappa shape index (κ1) is 15.3. The number of piperidine rings is 3. The third kappa shape index (κ3) is 3.24. The summed E-state index contributed by atoms with van der Waals surface area (Å²) >= 11 is 0. The second kappa shape index (κ2) is 6.64. The minimum Gasteiger partial charge on any atom is -0.446 e. The molecule has 22 heavy (non-hydrogen) atoms. The van der Waals surface area contributed by atoms with Crippen molar-refractivity contribution < 1.29 is 14.1 Å². The fraction of sp³-hybridized carbons (Fsp3) is 0.800. The van der Waals surface area contributed by atoms with Gasteiger partial charge in [-0.25, -0.2) is 4.79 Å². The van der Waals surface area contributed by atoms with Crippen molar-refractivity contribution >= 4 is 12.0 Å². The number of ether oxygens (including phenoxy) is 1. The maximum atomic E-state index is 11.8. The molecule has 0 saturated carbocycles. The van der Waals surface area contributed by atoms with E-state index in [0.29, 0.717) is 17.7 Å². The van der Waals surface area contributed by atoms with Crippen LogP contribution in [0.15, 0.2) is 4.52 Å². The van der Waals surface area contributed by atoms with Gasteiger partial charge in [0.25, 0.3) is 5.95 Å². The molecule has 3 saturated heterocycles. The van der Waals surface area contributed by atoms with Crippen LogP contribution in [0.2, 0.25) is 0 Å². The van der Waals surface area contributed by atoms with Crippen LogP contribution in [0.3, 0.4) is 0 Å². The molecule has 1 aromatic heterocycles. The Kier molecular flexibility index (Phi) is 4.61. The number of amides is 1. The molecule has 1 amide bonds. The van der Waals surface area contributed by atoms with Crippen LogP contribution in [-0.4, -0.2) is 46.9 Å². The molecule has 7 heteroatoms. The molecule has 0 radical (unpaired) electrons. The largest absolute Gasteiger partial charge is 0.446 e. The van der Waals surface area contributed by atoms with Gasteiger partial charge >= 0.3 is 6.09 Å². The minimum absolute atomic E-state index is 0.0757. The van der Waals surface area contributed by atoms with Crippen LogP contribution in [0.5, 0.6) is 0 Å². The number of carbonyl (C=O) groups is 1. The van der Waals surface area contributed by atoms with Crippen molar-refractivity contribution in [3.63, 3.8) is 0 Å². The third-order valence-corrected chi connectivity index (χ3v) is 4.81. The average Bonchev–Trinajstić information content (AvgIpc) is 3.02. The van der Waals surface area contributed by atoms with E-state index in [2.05, 4.69) is 20.4 Å². The second-order valence-electron chi connectivity index (χ2n) is 6.17. The van der Waals surface area contributed by atoms with Crippen molar-refractivity contribution in [1.82, 2.24) is 15.0 Å². The monoisotopic (exact) mass is 308 g/mol. The van der Waals surface area contributed by atoms with E-state index >= 15 is 0 Å². The normalized spacial score (nSPS) is 27.1. The summed E-state index contributed by atoms with van der Waals surface area (Å²) in [4.78, 5) is 18.6. The number of nitrogens with one attached hydrogen (secondary N) is 1. The highest BCUT2D eigenvalue weighted by atomic mass is 16.6. The standard InChI is InChI=1S/C15H24N4O3/c1-3-11(4-2)21-15(20)17-14-16-13(22-18-14)12-9-19-7-5-10(12)6-8-19/h10-12H,3-9H2,1-2H3,(H,17,18,20). The molecule has 2 bridgehead atoms. The van der Waals surface area contributed by atoms with Gasteiger partial charge in [-0.1, -0.05) is 13.8 Å². The lowest BCUT2D eigenvalue weighted by Gasteiger charge is -2.43. The van der Waals surface area contributed by atoms with Crippen LogP contribution in [0.4, 0.5) is 10.7 Å². The topological polar surface area (TPSA) is 80.5 Å². The highest BCUT2D eigenvalue weighted by Crippen LogP contribution is 2.38. The van der Waals surface area contributed by atoms with Crippen LogP contribution in [0.25, 0.3) is 0 Å². The maximum absolute atomic E-state index is 11.8. The number of hydrogen-bond acceptors (Lipinski definition) is 6. The molecule has 122 valence electrons. The van der Waals surface area contributed by atoms with Gasteiger partial charge in [-0.15, -0.1) is 0 Å². The van der Waals surface area contributed by atoms with Crippen molar-refractivity contribution in [2.75, 3.05) is 25.0 Å². The molecule has 3 aliphatic rings. The number of fused-ring (bicyclic) bond motifs is 3. The number of aromatic nitrogens is 2. The van der Waals surface area contributed by atoms with E-state index in [1.807, 2.05) is 13.8 Å². The molecule has 1 atom stereocenters. The lowest BCUT2D eigenvalue weighted by Crippen LogP contribution is -2.46. The Bertz CT molecular complexity index is 507. The van der Waals surface area contributed by atoms with E-state index in [1.54, 1.807) is 0 Å². The van der Waals surface area contributed by atoms with Crippen molar-refractivity contribution in [2.24, 2.45) is 5.92 Å². The SMILES string of the molecule is CCC(CC)OC(=O)Nc1noc(C2CN3CCC2CC3)n1. The lowest BCUT2D eigenvalue weighted by molar-refractivity contribution is 0.0727. The molecule has 1 unspecified atom stereocenters. The Morgan fingerprint density at radius 2 is 2.14 bits per heavy atom. The number of carbonyl (C=O) groups excluding carboxylic acids is 1. The van der Waals surface area contributed by atoms with Crippen LogP contribution >= 0.6 is 0 Å². The fourth-order valence-electron chi connectivity index (χ4n) is 3.41. The predicted octanol–water partition coefficient (Wildman–Crippen LogP) is 2.62. The zero-order valence-electron chi connectivity index (χ0n) is 13.2. The van der Waals surface area contributed by atoms with E-state index in [4.69, 9.17) is 9.26 Å². The predicted molar refractivity (Wildman–Crippen MR) is 80.7 cm³/mol. The Balaban J connectivity index is 1.58. The van der Waals surface area contributed by atoms with Crippen molar-refractivity contribution in [1.29, 1.82) is 0 Å². The molecule has 3 aliphatic heterocycles. The fourth-order valence-corrected chi connectivity index (χ4v) is 3.41. The maximum Gasteiger partial charge on any atom is 0.414 e. The Labute approximate surface area is 130 Å². The zero-order valence-corrected chi connectivity index (χ0v) is 13.2. The molecule has 7 nitrogen and oxygen atoms in total. The molecule has 1 aromatic rings. The summed E-state index contributed by atoms with van der Waals surface area (Å²) in [7, 11) is 0. The Morgan fingerprint density at radius 3 is 2.73 bits per heavy atom. The molecule has 3 fully saturated rings. The van der Waals surface area contributed by atoms with E-state index < -0.39 is 6.09 Å². The molecule has 4 heterocycles. The quantitative estimate of drug-likeness (QED) is 0.900. The summed E-state index contributed by atoms with van der Waals surface area (Å²) in [6.07, 6.45) is 3.37. The van der Waals surface area contributed by atoms with E-state index in [-0.39, 0.29) is 12.1 Å². The van der Waals surface area contributed by atoms with E-state index in [1.165, 1.54) is 25.9 Å². The molecule has 0 aliphatic carbocycles. The summed E-state index contributed by atoms with van der Waals surface area (Å²) in [5, 5.41) is 6.41. The van der Waals surface area contributed by atoms with Gasteiger partial charge < -0.3 is 14.2 Å². The van der Waals surface area contributed by atoms with Crippen molar-refractivity contribution in [2.45, 2.75) is 51.6 Å². The van der Waals surface area contributed by atoms with E-state index in [0.717, 1.165) is 19.4 Å². The minimum atomic E-state index is -0.519. The molecular formula is C15H24N4O3. The zero-order chi connectivity index (χ0) is 15.5. The van der Waals surface area contributed by atoms with Gasteiger partial charge in [0.05, 0.1) is 5.92 Å². The highest BCUT2D eigenvalue weighted by Gasteiger charge is 2.38. The van der Waals surface area contributed by atoms with Gasteiger partial charge in [0.2, 0.25) is 5.89 Å². The number of rotatable bonds is 5. The van der Waals surface area contributed by atoms with Gasteiger partial charge in [0.15, 0.2) is 0 Å². The first-order valence-electron chi connectivity index (χ1n) is 8.23. The molecule has 0 spiro atoms. The smallest absolute Gasteiger partial charge is 0.414 e. The molecule has 0 aromatic carbocycles. The molecule has 4 rings (SSSR count). The number of nitrogens with zero attached hydrogens (tertiary/aromatic N) is 3. The number of hydrogen-bond donors (Lipinski definition) is 1. The summed E-state index contributed by atoms with van der Waals surface area (Å²) in [5.74, 6) is 1.74. The van der Waals surface area contributed by atoms with Crippen LogP contribution in [-0.2, 0) is 4.74 Å². The van der Waals surface area contributed by atoms with Gasteiger partial charge in [0, 0.05) is 6.54 Å². The van der Waals surface area contributed by atoms with Gasteiger partial charge in [-0.2, -0.15) is 4.98 Å². The molecule has 1 N–H and O–H groups in total. The number of anilines is 1. The van der Waals surface area contributed by atoms with Gasteiger partial charge in [-0.3, -0.25) is 5.32 Å². The Hall–Kier alpha value is -1.63. The first-order valence-corrected chi connectivity index (χ1v) is 8.23. The van der Waals surface area contributed by atoms with Crippen LogP contribution in [0, 0.1) is 5.92 Å². The third-order valence-electron chi connectivity index (χ3n) is 4.81. The molecular weight excluding hydrogens is 284 g/mol. The van der Waals surface area contributed by atoms with Crippen LogP contribution < -0.4 is 5.32 Å². The Morgan fingerprint density at radius 1 is 1.41 bits per heavy atom. The van der Waals surface area contributed by atoms with Crippen molar-refractivity contribution in [3.05, 3.63) is 5.89 Å². The first-order chi connectivity index (χ1) is 10.7. The van der Waals surface area contributed by atoms with E-state index in [9.17, 15) is 4.79 Å². The van der Waals surface area contributed by atoms with Gasteiger partial charge in [0.1, 0.15) is 6.10 Å². The summed E-state index contributed by atoms with van der Waals surface area (Å²) in [5.41, 5.74) is 0. The van der Waals surface area contributed by atoms with Crippen molar-refractivity contribution in [3.8, 4) is 0 Å². The van der Waals surface area contributed by atoms with Crippen LogP contribution in [0.1, 0.15) is 51.3 Å². The summed E-state index contributed by atoms with van der Waals surface area (Å²) in [6, 6.07) is 0. The average molecular weight is 308 g/mol. The summed E-state index contributed by atoms with van der Waals surface area (Å²) in [6.45, 7) is 7.29. The summed E-state index contributed by atoms with van der Waals surface area (Å²) < 4.78 is 10.6. The van der Waals surface area contributed by atoms with Gasteiger partial charge in [-0.05, 0) is 49.8 Å². The lowest BCUT2D eigenvalue weighted by atomic mass is 9.79. The highest BCUT2D eigenvalue weighted by molar-refractivity contribution is 5.82. The second-order valence-corrected chi connectivity index (χ2v) is 6.17.